The van der Waals surface area contributed by atoms with Gasteiger partial charge in [0.2, 0.25) is 0 Å². The van der Waals surface area contributed by atoms with E-state index in [2.05, 4.69) is 5.16 Å². The van der Waals surface area contributed by atoms with Crippen LogP contribution in [0.5, 0.6) is 11.5 Å². The van der Waals surface area contributed by atoms with Gasteiger partial charge in [-0.15, -0.1) is 0 Å². The molecule has 0 aliphatic carbocycles. The third kappa shape index (κ3) is 3.60. The van der Waals surface area contributed by atoms with E-state index >= 15 is 0 Å². The van der Waals surface area contributed by atoms with Crippen molar-refractivity contribution in [1.82, 2.24) is 5.06 Å². The Balaban J connectivity index is 1.90. The number of ether oxygens (including phenoxy) is 2. The predicted octanol–water partition coefficient (Wildman–Crippen LogP) is 3.80. The number of piperidine rings is 1. The van der Waals surface area contributed by atoms with Gasteiger partial charge in [0.25, 0.3) is 0 Å². The second-order valence-electron chi connectivity index (χ2n) is 6.03. The summed E-state index contributed by atoms with van der Waals surface area (Å²) in [5.74, 6) is 1.51. The van der Waals surface area contributed by atoms with Gasteiger partial charge in [-0.1, -0.05) is 29.4 Å². The zero-order chi connectivity index (χ0) is 17.8. The van der Waals surface area contributed by atoms with Gasteiger partial charge in [0.05, 0.1) is 32.0 Å². The number of oxime groups is 1. The second-order valence-corrected chi connectivity index (χ2v) is 6.03. The molecule has 25 heavy (non-hydrogen) atoms. The van der Waals surface area contributed by atoms with Crippen LogP contribution in [0.1, 0.15) is 36.1 Å². The van der Waals surface area contributed by atoms with E-state index < -0.39 is 0 Å². The number of hydrogen-bond acceptors (Lipinski definition) is 6. The summed E-state index contributed by atoms with van der Waals surface area (Å²) in [5, 5.41) is 24.9. The lowest BCUT2D eigenvalue weighted by Crippen LogP contribution is -2.37. The summed E-state index contributed by atoms with van der Waals surface area (Å²) in [6, 6.07) is 14.5. The van der Waals surface area contributed by atoms with Crippen LogP contribution in [-0.4, -0.2) is 35.4 Å². The van der Waals surface area contributed by atoms with Gasteiger partial charge in [-0.05, 0) is 35.4 Å². The van der Waals surface area contributed by atoms with Gasteiger partial charge in [-0.2, -0.15) is 5.06 Å². The molecular formula is C19H22N2O4. The number of benzene rings is 2. The molecule has 2 N–H and O–H groups in total. The highest BCUT2D eigenvalue weighted by molar-refractivity contribution is 5.86. The molecular weight excluding hydrogens is 320 g/mol. The molecule has 132 valence electrons. The van der Waals surface area contributed by atoms with Gasteiger partial charge >= 0.3 is 0 Å². The molecule has 2 atom stereocenters. The lowest BCUT2D eigenvalue weighted by Gasteiger charge is -2.38. The zero-order valence-electron chi connectivity index (χ0n) is 14.3. The van der Waals surface area contributed by atoms with Crippen LogP contribution in [-0.2, 0) is 0 Å². The minimum atomic E-state index is -0.294. The van der Waals surface area contributed by atoms with Crippen LogP contribution in [0.3, 0.4) is 0 Å². The maximum Gasteiger partial charge on any atom is 0.118 e. The largest absolute Gasteiger partial charge is 0.497 e. The van der Waals surface area contributed by atoms with Crippen molar-refractivity contribution in [3.8, 4) is 11.5 Å². The second kappa shape index (κ2) is 7.55. The molecule has 1 aliphatic rings. The molecule has 1 fully saturated rings. The van der Waals surface area contributed by atoms with E-state index in [0.29, 0.717) is 18.6 Å². The highest BCUT2D eigenvalue weighted by atomic mass is 16.5. The Morgan fingerprint density at radius 2 is 1.24 bits per heavy atom. The van der Waals surface area contributed by atoms with Crippen molar-refractivity contribution in [2.45, 2.75) is 24.9 Å². The van der Waals surface area contributed by atoms with E-state index in [-0.39, 0.29) is 12.1 Å². The first kappa shape index (κ1) is 17.3. The fraction of sp³-hybridized carbons (Fsp3) is 0.316. The summed E-state index contributed by atoms with van der Waals surface area (Å²) in [5.41, 5.74) is 2.53. The van der Waals surface area contributed by atoms with Crippen molar-refractivity contribution in [1.29, 1.82) is 0 Å². The van der Waals surface area contributed by atoms with Crippen molar-refractivity contribution in [3.63, 3.8) is 0 Å². The molecule has 2 aromatic rings. The molecule has 0 aromatic heterocycles. The van der Waals surface area contributed by atoms with E-state index in [1.807, 2.05) is 48.5 Å². The summed E-state index contributed by atoms with van der Waals surface area (Å²) < 4.78 is 10.4. The smallest absolute Gasteiger partial charge is 0.118 e. The first-order chi connectivity index (χ1) is 12.2. The van der Waals surface area contributed by atoms with Crippen molar-refractivity contribution in [2.24, 2.45) is 5.16 Å². The maximum absolute atomic E-state index is 10.8. The monoisotopic (exact) mass is 342 g/mol. The van der Waals surface area contributed by atoms with Gasteiger partial charge in [0.15, 0.2) is 0 Å². The van der Waals surface area contributed by atoms with Crippen LogP contribution in [0, 0.1) is 0 Å². The molecule has 6 nitrogen and oxygen atoms in total. The van der Waals surface area contributed by atoms with Crippen LogP contribution in [0.15, 0.2) is 53.7 Å². The molecule has 0 amide bonds. The molecule has 1 saturated heterocycles. The molecule has 0 bridgehead atoms. The average Bonchev–Trinajstić information content (AvgIpc) is 2.68. The maximum atomic E-state index is 10.8. The Kier molecular flexibility index (Phi) is 5.21. The number of nitrogens with zero attached hydrogens (tertiary/aromatic N) is 2. The van der Waals surface area contributed by atoms with E-state index in [9.17, 15) is 10.4 Å². The standard InChI is InChI=1S/C19H22N2O4/c1-24-16-7-3-13(4-8-16)18-11-15(20-22)12-19(21(18)23)14-5-9-17(25-2)10-6-14/h3-10,18-19,22-23H,11-12H2,1-2H3/t18-,19+. The molecule has 3 rings (SSSR count). The summed E-state index contributed by atoms with van der Waals surface area (Å²) in [6.07, 6.45) is 0.929. The number of rotatable bonds is 4. The summed E-state index contributed by atoms with van der Waals surface area (Å²) in [4.78, 5) is 0. The third-order valence-corrected chi connectivity index (χ3v) is 4.64. The lowest BCUT2D eigenvalue weighted by molar-refractivity contribution is -0.167. The van der Waals surface area contributed by atoms with Crippen LogP contribution >= 0.6 is 0 Å². The average molecular weight is 342 g/mol. The van der Waals surface area contributed by atoms with Crippen molar-refractivity contribution in [2.75, 3.05) is 14.2 Å². The SMILES string of the molecule is COc1ccc([C@H]2CC(=NO)C[C@@H](c3ccc(OC)cc3)N2O)cc1. The van der Waals surface area contributed by atoms with E-state index in [1.54, 1.807) is 14.2 Å². The molecule has 0 unspecified atom stereocenters. The van der Waals surface area contributed by atoms with Crippen molar-refractivity contribution >= 4 is 5.71 Å². The topological polar surface area (TPSA) is 74.5 Å². The van der Waals surface area contributed by atoms with Crippen LogP contribution in [0.4, 0.5) is 0 Å². The quantitative estimate of drug-likeness (QED) is 0.653. The van der Waals surface area contributed by atoms with Crippen LogP contribution in [0.2, 0.25) is 0 Å². The fourth-order valence-electron chi connectivity index (χ4n) is 3.21. The zero-order valence-corrected chi connectivity index (χ0v) is 14.3. The normalized spacial score (nSPS) is 22.8. The van der Waals surface area contributed by atoms with Gasteiger partial charge < -0.3 is 19.9 Å². The van der Waals surface area contributed by atoms with E-state index in [1.165, 1.54) is 5.06 Å². The molecule has 0 saturated carbocycles. The molecule has 6 heteroatoms. The Labute approximate surface area is 146 Å². The Bertz CT molecular complexity index is 669. The van der Waals surface area contributed by atoms with Gasteiger partial charge in [-0.25, -0.2) is 0 Å². The molecule has 1 heterocycles. The third-order valence-electron chi connectivity index (χ3n) is 4.64. The summed E-state index contributed by atoms with van der Waals surface area (Å²) >= 11 is 0. The van der Waals surface area contributed by atoms with E-state index in [4.69, 9.17) is 9.47 Å². The Hall–Kier alpha value is -2.57. The highest BCUT2D eigenvalue weighted by Crippen LogP contribution is 2.39. The molecule has 0 radical (unpaired) electrons. The van der Waals surface area contributed by atoms with E-state index in [0.717, 1.165) is 22.6 Å². The first-order valence-electron chi connectivity index (χ1n) is 8.11. The van der Waals surface area contributed by atoms with Gasteiger partial charge in [0, 0.05) is 12.8 Å². The number of methoxy groups -OCH3 is 2. The summed E-state index contributed by atoms with van der Waals surface area (Å²) in [6.45, 7) is 0. The minimum Gasteiger partial charge on any atom is -0.497 e. The van der Waals surface area contributed by atoms with Crippen molar-refractivity contribution in [3.05, 3.63) is 59.7 Å². The lowest BCUT2D eigenvalue weighted by atomic mass is 9.88. The number of hydrogen-bond donors (Lipinski definition) is 2. The molecule has 2 aromatic carbocycles. The Morgan fingerprint density at radius 1 is 0.840 bits per heavy atom. The first-order valence-corrected chi connectivity index (χ1v) is 8.11. The number of hydroxylamine groups is 2. The van der Waals surface area contributed by atoms with Crippen LogP contribution in [0.25, 0.3) is 0 Å². The van der Waals surface area contributed by atoms with Crippen LogP contribution < -0.4 is 9.47 Å². The van der Waals surface area contributed by atoms with Crippen molar-refractivity contribution < 1.29 is 19.9 Å². The fourth-order valence-corrected chi connectivity index (χ4v) is 3.21. The van der Waals surface area contributed by atoms with Gasteiger partial charge in [-0.3, -0.25) is 0 Å². The molecule has 1 aliphatic heterocycles. The Morgan fingerprint density at radius 3 is 1.56 bits per heavy atom. The van der Waals surface area contributed by atoms with Gasteiger partial charge in [0.1, 0.15) is 11.5 Å². The highest BCUT2D eigenvalue weighted by Gasteiger charge is 2.35. The summed E-state index contributed by atoms with van der Waals surface area (Å²) in [7, 11) is 3.23. The molecule has 0 spiro atoms. The predicted molar refractivity (Wildman–Crippen MR) is 93.6 cm³/mol. The minimum absolute atomic E-state index is 0.294.